The standard InChI is InChI=1S/C57H91NO3/c1-3-5-7-9-11-13-14-15-16-17-18-19-20-21-22-23-24-25-26-27-28-29-30-31-32-33-34-35-36-37-38-39-40-41-42-43-44-45-47-49-51-53-57(61)58-55(54-59)56(60)52-50-48-46-12-10-8-6-4-2/h5,7,11,13,15-16,18-19,21-22,24-25,27-28,30-31,33-34,36-37,39-40,42-43,55-56,59-60H,3-4,6,8-10,12,14,17,20,23,26,29,32,35,38,41,44-54H2,1-2H3,(H,58,61)/b7-5-,13-11-,16-15-,19-18-,22-21-,25-24-,28-27-,31-30-,34-33-,37-36-,40-39-,43-42-. The molecule has 0 aliphatic carbocycles. The van der Waals surface area contributed by atoms with E-state index in [0.717, 1.165) is 122 Å². The third-order valence-electron chi connectivity index (χ3n) is 10.1. The van der Waals surface area contributed by atoms with Gasteiger partial charge in [-0.25, -0.2) is 0 Å². The Morgan fingerprint density at radius 3 is 1.08 bits per heavy atom. The first-order chi connectivity index (χ1) is 30.2. The van der Waals surface area contributed by atoms with E-state index >= 15 is 0 Å². The van der Waals surface area contributed by atoms with E-state index in [4.69, 9.17) is 0 Å². The van der Waals surface area contributed by atoms with Crippen molar-refractivity contribution in [2.75, 3.05) is 6.61 Å². The molecule has 0 aromatic rings. The number of unbranched alkanes of at least 4 members (excludes halogenated alkanes) is 11. The third-order valence-corrected chi connectivity index (χ3v) is 10.1. The second-order valence-electron chi connectivity index (χ2n) is 15.8. The molecule has 0 saturated heterocycles. The lowest BCUT2D eigenvalue weighted by atomic mass is 10.0. The lowest BCUT2D eigenvalue weighted by Gasteiger charge is -2.22. The molecule has 0 bridgehead atoms. The number of carbonyl (C=O) groups excluding carboxylic acids is 1. The maximum Gasteiger partial charge on any atom is 0.220 e. The van der Waals surface area contributed by atoms with Crippen molar-refractivity contribution in [1.29, 1.82) is 0 Å². The zero-order chi connectivity index (χ0) is 44.2. The van der Waals surface area contributed by atoms with E-state index in [0.29, 0.717) is 12.8 Å². The van der Waals surface area contributed by atoms with Crippen molar-refractivity contribution in [3.63, 3.8) is 0 Å². The number of rotatable bonds is 42. The van der Waals surface area contributed by atoms with Gasteiger partial charge in [0.05, 0.1) is 18.8 Å². The zero-order valence-electron chi connectivity index (χ0n) is 39.1. The Kier molecular flexibility index (Phi) is 47.5. The highest BCUT2D eigenvalue weighted by atomic mass is 16.3. The van der Waals surface area contributed by atoms with Crippen LogP contribution in [0.1, 0.15) is 187 Å². The number of aliphatic hydroxyl groups is 2. The van der Waals surface area contributed by atoms with Crippen LogP contribution in [0.5, 0.6) is 0 Å². The van der Waals surface area contributed by atoms with Crippen molar-refractivity contribution in [3.8, 4) is 0 Å². The Balaban J connectivity index is 3.70. The molecular formula is C57H91NO3. The smallest absolute Gasteiger partial charge is 0.220 e. The fourth-order valence-electron chi connectivity index (χ4n) is 6.40. The van der Waals surface area contributed by atoms with Gasteiger partial charge in [0.1, 0.15) is 0 Å². The van der Waals surface area contributed by atoms with Crippen LogP contribution in [0.4, 0.5) is 0 Å². The molecule has 4 nitrogen and oxygen atoms in total. The minimum absolute atomic E-state index is 0.0665. The summed E-state index contributed by atoms with van der Waals surface area (Å²) in [7, 11) is 0. The normalized spacial score (nSPS) is 14.2. The van der Waals surface area contributed by atoms with Crippen LogP contribution in [-0.4, -0.2) is 34.9 Å². The average Bonchev–Trinajstić information content (AvgIpc) is 3.26. The van der Waals surface area contributed by atoms with Gasteiger partial charge in [0, 0.05) is 6.42 Å². The molecule has 2 atom stereocenters. The topological polar surface area (TPSA) is 69.6 Å². The Hall–Kier alpha value is -3.73. The van der Waals surface area contributed by atoms with E-state index in [9.17, 15) is 15.0 Å². The summed E-state index contributed by atoms with van der Waals surface area (Å²) in [5, 5.41) is 23.0. The lowest BCUT2D eigenvalue weighted by molar-refractivity contribution is -0.123. The maximum atomic E-state index is 12.3. The second kappa shape index (κ2) is 50.6. The van der Waals surface area contributed by atoms with E-state index in [1.165, 1.54) is 38.5 Å². The predicted octanol–water partition coefficient (Wildman–Crippen LogP) is 16.1. The van der Waals surface area contributed by atoms with E-state index < -0.39 is 12.1 Å². The van der Waals surface area contributed by atoms with Gasteiger partial charge in [0.2, 0.25) is 5.91 Å². The first-order valence-corrected chi connectivity index (χ1v) is 24.5. The summed E-state index contributed by atoms with van der Waals surface area (Å²) in [5.74, 6) is -0.0665. The quantitative estimate of drug-likeness (QED) is 0.0424. The number of nitrogens with one attached hydrogen (secondary N) is 1. The summed E-state index contributed by atoms with van der Waals surface area (Å²) in [6.45, 7) is 4.18. The van der Waals surface area contributed by atoms with Gasteiger partial charge in [0.25, 0.3) is 0 Å². The molecule has 0 aromatic carbocycles. The maximum absolute atomic E-state index is 12.3. The molecule has 0 fully saturated rings. The van der Waals surface area contributed by atoms with E-state index in [2.05, 4.69) is 165 Å². The molecule has 0 aliphatic heterocycles. The SMILES string of the molecule is CC/C=C\C/C=C\C/C=C\C/C=C\C/C=C\C/C=C\C/C=C\C/C=C\C/C=C\C/C=C\C/C=C\C/C=C\CCCCCCC(=O)NC(CO)C(O)CCCCCCCCCC. The molecule has 0 aromatic heterocycles. The van der Waals surface area contributed by atoms with Crippen LogP contribution in [0.2, 0.25) is 0 Å². The summed E-state index contributed by atoms with van der Waals surface area (Å²) in [4.78, 5) is 12.3. The Morgan fingerprint density at radius 2 is 0.721 bits per heavy atom. The number of hydrogen-bond acceptors (Lipinski definition) is 3. The Morgan fingerprint density at radius 1 is 0.410 bits per heavy atom. The fraction of sp³-hybridized carbons (Fsp3) is 0.561. The molecule has 0 saturated carbocycles. The molecule has 3 N–H and O–H groups in total. The van der Waals surface area contributed by atoms with Crippen molar-refractivity contribution in [2.24, 2.45) is 0 Å². The van der Waals surface area contributed by atoms with Crippen LogP contribution in [-0.2, 0) is 4.79 Å². The first-order valence-electron chi connectivity index (χ1n) is 24.5. The molecule has 4 heteroatoms. The highest BCUT2D eigenvalue weighted by Gasteiger charge is 2.19. The number of hydrogen-bond donors (Lipinski definition) is 3. The van der Waals surface area contributed by atoms with Crippen molar-refractivity contribution < 1.29 is 15.0 Å². The van der Waals surface area contributed by atoms with Crippen molar-refractivity contribution in [1.82, 2.24) is 5.32 Å². The molecule has 61 heavy (non-hydrogen) atoms. The van der Waals surface area contributed by atoms with Crippen molar-refractivity contribution >= 4 is 5.91 Å². The minimum Gasteiger partial charge on any atom is -0.394 e. The van der Waals surface area contributed by atoms with Crippen LogP contribution in [0.25, 0.3) is 0 Å². The number of carbonyl (C=O) groups is 1. The number of amides is 1. The van der Waals surface area contributed by atoms with E-state index in [-0.39, 0.29) is 12.5 Å². The van der Waals surface area contributed by atoms with Crippen LogP contribution in [0.15, 0.2) is 146 Å². The summed E-state index contributed by atoms with van der Waals surface area (Å²) < 4.78 is 0. The fourth-order valence-corrected chi connectivity index (χ4v) is 6.40. The summed E-state index contributed by atoms with van der Waals surface area (Å²) in [5.41, 5.74) is 0. The monoisotopic (exact) mass is 838 g/mol. The highest BCUT2D eigenvalue weighted by molar-refractivity contribution is 5.76. The van der Waals surface area contributed by atoms with E-state index in [1.54, 1.807) is 0 Å². The summed E-state index contributed by atoms with van der Waals surface area (Å²) >= 11 is 0. The van der Waals surface area contributed by atoms with Gasteiger partial charge in [-0.1, -0.05) is 224 Å². The lowest BCUT2D eigenvalue weighted by Crippen LogP contribution is -2.45. The average molecular weight is 838 g/mol. The first kappa shape index (κ1) is 57.3. The van der Waals surface area contributed by atoms with Crippen LogP contribution in [0, 0.1) is 0 Å². The minimum atomic E-state index is -0.677. The van der Waals surface area contributed by atoms with Gasteiger partial charge in [-0.15, -0.1) is 0 Å². The van der Waals surface area contributed by atoms with Crippen molar-refractivity contribution in [3.05, 3.63) is 146 Å². The van der Waals surface area contributed by atoms with Gasteiger partial charge >= 0.3 is 0 Å². The largest absolute Gasteiger partial charge is 0.394 e. The summed E-state index contributed by atoms with van der Waals surface area (Å²) in [6.07, 6.45) is 81.0. The number of allylic oxidation sites excluding steroid dienone is 24. The number of aliphatic hydroxyl groups excluding tert-OH is 2. The van der Waals surface area contributed by atoms with Crippen LogP contribution >= 0.6 is 0 Å². The Labute approximate surface area is 376 Å². The third kappa shape index (κ3) is 47.2. The summed E-state index contributed by atoms with van der Waals surface area (Å²) in [6, 6.07) is -0.558. The van der Waals surface area contributed by atoms with Gasteiger partial charge in [0.15, 0.2) is 0 Å². The molecule has 342 valence electrons. The van der Waals surface area contributed by atoms with Gasteiger partial charge in [-0.3, -0.25) is 4.79 Å². The molecule has 0 rings (SSSR count). The molecule has 0 radical (unpaired) electrons. The molecule has 0 aliphatic rings. The van der Waals surface area contributed by atoms with Crippen molar-refractivity contribution in [2.45, 2.75) is 199 Å². The van der Waals surface area contributed by atoms with Gasteiger partial charge in [-0.05, 0) is 103 Å². The Bertz CT molecular complexity index is 1320. The highest BCUT2D eigenvalue weighted by Crippen LogP contribution is 2.13. The second-order valence-corrected chi connectivity index (χ2v) is 15.8. The molecule has 0 spiro atoms. The predicted molar refractivity (Wildman–Crippen MR) is 271 cm³/mol. The molecular weight excluding hydrogens is 747 g/mol. The zero-order valence-corrected chi connectivity index (χ0v) is 39.1. The molecule has 1 amide bonds. The van der Waals surface area contributed by atoms with Gasteiger partial charge < -0.3 is 15.5 Å². The van der Waals surface area contributed by atoms with Gasteiger partial charge in [-0.2, -0.15) is 0 Å². The van der Waals surface area contributed by atoms with Crippen LogP contribution in [0.3, 0.4) is 0 Å². The van der Waals surface area contributed by atoms with Crippen LogP contribution < -0.4 is 5.32 Å². The molecule has 0 heterocycles. The van der Waals surface area contributed by atoms with E-state index in [1.807, 2.05) is 0 Å². The molecule has 2 unspecified atom stereocenters.